The first kappa shape index (κ1) is 15.2. The molecule has 0 radical (unpaired) electrons. The smallest absolute Gasteiger partial charge is 0.416 e. The van der Waals surface area contributed by atoms with Crippen LogP contribution in [-0.4, -0.2) is 13.2 Å². The Morgan fingerprint density at radius 2 is 1.71 bits per heavy atom. The van der Waals surface area contributed by atoms with E-state index in [2.05, 4.69) is 5.32 Å². The van der Waals surface area contributed by atoms with Gasteiger partial charge in [0.25, 0.3) is 0 Å². The summed E-state index contributed by atoms with van der Waals surface area (Å²) in [4.78, 5) is 0. The summed E-state index contributed by atoms with van der Waals surface area (Å²) in [5, 5.41) is 2.96. The van der Waals surface area contributed by atoms with E-state index >= 15 is 0 Å². The Kier molecular flexibility index (Phi) is 5.09. The van der Waals surface area contributed by atoms with Crippen molar-refractivity contribution in [3.05, 3.63) is 60.2 Å². The summed E-state index contributed by atoms with van der Waals surface area (Å²) in [5.74, 6) is 0.788. The Bertz CT molecular complexity index is 555. The van der Waals surface area contributed by atoms with E-state index < -0.39 is 11.7 Å². The Hall–Kier alpha value is -2.17. The third kappa shape index (κ3) is 5.02. The van der Waals surface area contributed by atoms with E-state index in [-0.39, 0.29) is 0 Å². The van der Waals surface area contributed by atoms with Crippen molar-refractivity contribution in [3.63, 3.8) is 0 Å². The number of hydrogen-bond acceptors (Lipinski definition) is 2. The number of halogens is 3. The second kappa shape index (κ2) is 7.02. The Labute approximate surface area is 121 Å². The molecule has 0 aliphatic rings. The fourth-order valence-corrected chi connectivity index (χ4v) is 1.82. The number of rotatable bonds is 6. The molecule has 21 heavy (non-hydrogen) atoms. The second-order valence-electron chi connectivity index (χ2n) is 4.52. The zero-order chi connectivity index (χ0) is 15.1. The molecule has 0 unspecified atom stereocenters. The molecule has 0 heterocycles. The predicted octanol–water partition coefficient (Wildman–Crippen LogP) is 4.59. The monoisotopic (exact) mass is 295 g/mol. The summed E-state index contributed by atoms with van der Waals surface area (Å²) >= 11 is 0. The SMILES string of the molecule is FC(F)(F)c1cccc(NCCCOc2ccccc2)c1. The molecule has 2 rings (SSSR count). The van der Waals surface area contributed by atoms with Gasteiger partial charge in [-0.15, -0.1) is 0 Å². The quantitative estimate of drug-likeness (QED) is 0.787. The number of alkyl halides is 3. The van der Waals surface area contributed by atoms with Gasteiger partial charge in [-0.1, -0.05) is 24.3 Å². The summed E-state index contributed by atoms with van der Waals surface area (Å²) in [6, 6.07) is 14.6. The van der Waals surface area contributed by atoms with Gasteiger partial charge in [0.05, 0.1) is 12.2 Å². The van der Waals surface area contributed by atoms with Crippen LogP contribution in [0.3, 0.4) is 0 Å². The summed E-state index contributed by atoms with van der Waals surface area (Å²) in [7, 11) is 0. The minimum absolute atomic E-state index is 0.463. The third-order valence-electron chi connectivity index (χ3n) is 2.85. The van der Waals surface area contributed by atoms with Crippen LogP contribution in [0.4, 0.5) is 18.9 Å². The Balaban J connectivity index is 1.74. The van der Waals surface area contributed by atoms with Gasteiger partial charge in [-0.25, -0.2) is 0 Å². The first-order valence-corrected chi connectivity index (χ1v) is 6.65. The van der Waals surface area contributed by atoms with Gasteiger partial charge in [-0.05, 0) is 36.8 Å². The highest BCUT2D eigenvalue weighted by molar-refractivity contribution is 5.46. The molecule has 0 aliphatic heterocycles. The minimum atomic E-state index is -4.31. The van der Waals surface area contributed by atoms with Gasteiger partial charge in [0, 0.05) is 12.2 Å². The molecule has 2 aromatic rings. The standard InChI is InChI=1S/C16H16F3NO/c17-16(18,19)13-6-4-7-14(12-13)20-10-5-11-21-15-8-2-1-3-9-15/h1-4,6-9,12,20H,5,10-11H2. The molecular weight excluding hydrogens is 279 g/mol. The van der Waals surface area contributed by atoms with Gasteiger partial charge < -0.3 is 10.1 Å². The van der Waals surface area contributed by atoms with Crippen LogP contribution in [-0.2, 0) is 6.18 Å². The van der Waals surface area contributed by atoms with Gasteiger partial charge in [0.15, 0.2) is 0 Å². The summed E-state index contributed by atoms with van der Waals surface area (Å²) in [6.07, 6.45) is -3.61. The predicted molar refractivity (Wildman–Crippen MR) is 76.5 cm³/mol. The van der Waals surface area contributed by atoms with Crippen molar-refractivity contribution >= 4 is 5.69 Å². The van der Waals surface area contributed by atoms with Crippen molar-refractivity contribution in [2.45, 2.75) is 12.6 Å². The fourth-order valence-electron chi connectivity index (χ4n) is 1.82. The van der Waals surface area contributed by atoms with E-state index in [1.54, 1.807) is 6.07 Å². The minimum Gasteiger partial charge on any atom is -0.494 e. The molecule has 0 fully saturated rings. The van der Waals surface area contributed by atoms with Crippen LogP contribution in [0.1, 0.15) is 12.0 Å². The lowest BCUT2D eigenvalue weighted by Crippen LogP contribution is -2.09. The van der Waals surface area contributed by atoms with Crippen molar-refractivity contribution in [2.75, 3.05) is 18.5 Å². The third-order valence-corrected chi connectivity index (χ3v) is 2.85. The lowest BCUT2D eigenvalue weighted by Gasteiger charge is -2.11. The van der Waals surface area contributed by atoms with Crippen molar-refractivity contribution in [3.8, 4) is 5.75 Å². The van der Waals surface area contributed by atoms with Crippen molar-refractivity contribution in [1.29, 1.82) is 0 Å². The Morgan fingerprint density at radius 1 is 0.952 bits per heavy atom. The molecule has 0 saturated carbocycles. The number of nitrogens with one attached hydrogen (secondary N) is 1. The first-order chi connectivity index (χ1) is 10.1. The summed E-state index contributed by atoms with van der Waals surface area (Å²) in [5.41, 5.74) is -0.183. The molecule has 0 amide bonds. The number of hydrogen-bond donors (Lipinski definition) is 1. The van der Waals surface area contributed by atoms with Crippen LogP contribution in [0, 0.1) is 0 Å². The molecule has 2 nitrogen and oxygen atoms in total. The molecule has 5 heteroatoms. The largest absolute Gasteiger partial charge is 0.494 e. The number of anilines is 1. The van der Waals surface area contributed by atoms with Gasteiger partial charge in [0.1, 0.15) is 5.75 Å². The number of ether oxygens (including phenoxy) is 1. The highest BCUT2D eigenvalue weighted by Gasteiger charge is 2.30. The molecule has 112 valence electrons. The van der Waals surface area contributed by atoms with E-state index in [0.29, 0.717) is 25.3 Å². The molecule has 0 bridgehead atoms. The second-order valence-corrected chi connectivity index (χ2v) is 4.52. The average molecular weight is 295 g/mol. The van der Waals surface area contributed by atoms with Gasteiger partial charge >= 0.3 is 6.18 Å². The molecule has 2 aromatic carbocycles. The molecule has 1 N–H and O–H groups in total. The average Bonchev–Trinajstić information content (AvgIpc) is 2.47. The van der Waals surface area contributed by atoms with Crippen LogP contribution < -0.4 is 10.1 Å². The first-order valence-electron chi connectivity index (χ1n) is 6.65. The highest BCUT2D eigenvalue weighted by atomic mass is 19.4. The summed E-state index contributed by atoms with van der Waals surface area (Å²) < 4.78 is 43.2. The van der Waals surface area contributed by atoms with Gasteiger partial charge in [-0.2, -0.15) is 13.2 Å². The summed E-state index contributed by atoms with van der Waals surface area (Å²) in [6.45, 7) is 1.06. The molecule has 0 aromatic heterocycles. The zero-order valence-corrected chi connectivity index (χ0v) is 11.4. The number of benzene rings is 2. The van der Waals surface area contributed by atoms with Crippen molar-refractivity contribution in [2.24, 2.45) is 0 Å². The maximum atomic E-state index is 12.6. The maximum Gasteiger partial charge on any atom is 0.416 e. The topological polar surface area (TPSA) is 21.3 Å². The van der Waals surface area contributed by atoms with E-state index in [1.165, 1.54) is 6.07 Å². The van der Waals surface area contributed by atoms with Crippen LogP contribution >= 0.6 is 0 Å². The molecule has 0 spiro atoms. The fraction of sp³-hybridized carbons (Fsp3) is 0.250. The van der Waals surface area contributed by atoms with Crippen LogP contribution in [0.15, 0.2) is 54.6 Å². The lowest BCUT2D eigenvalue weighted by atomic mass is 10.2. The van der Waals surface area contributed by atoms with Crippen molar-refractivity contribution in [1.82, 2.24) is 0 Å². The van der Waals surface area contributed by atoms with Crippen LogP contribution in [0.25, 0.3) is 0 Å². The number of para-hydroxylation sites is 1. The van der Waals surface area contributed by atoms with Crippen LogP contribution in [0.5, 0.6) is 5.75 Å². The van der Waals surface area contributed by atoms with Gasteiger partial charge in [0.2, 0.25) is 0 Å². The van der Waals surface area contributed by atoms with E-state index in [0.717, 1.165) is 17.9 Å². The maximum absolute atomic E-state index is 12.6. The molecular formula is C16H16F3NO. The highest BCUT2D eigenvalue weighted by Crippen LogP contribution is 2.30. The molecule has 0 aliphatic carbocycles. The molecule has 0 atom stereocenters. The van der Waals surface area contributed by atoms with Crippen molar-refractivity contribution < 1.29 is 17.9 Å². The Morgan fingerprint density at radius 3 is 2.43 bits per heavy atom. The zero-order valence-electron chi connectivity index (χ0n) is 11.4. The van der Waals surface area contributed by atoms with Gasteiger partial charge in [-0.3, -0.25) is 0 Å². The van der Waals surface area contributed by atoms with Crippen LogP contribution in [0.2, 0.25) is 0 Å². The van der Waals surface area contributed by atoms with E-state index in [4.69, 9.17) is 4.74 Å². The van der Waals surface area contributed by atoms with E-state index in [1.807, 2.05) is 30.3 Å². The van der Waals surface area contributed by atoms with E-state index in [9.17, 15) is 13.2 Å². The lowest BCUT2D eigenvalue weighted by molar-refractivity contribution is -0.137. The molecule has 0 saturated heterocycles. The normalized spacial score (nSPS) is 11.2.